The molecule has 6 rings (SSSR count). The molecule has 59 heavy (non-hydrogen) atoms. The second-order valence-electron chi connectivity index (χ2n) is 8.56. The van der Waals surface area contributed by atoms with Gasteiger partial charge in [-0.1, -0.05) is 136 Å². The van der Waals surface area contributed by atoms with Gasteiger partial charge < -0.3 is 34.5 Å². The zero-order chi connectivity index (χ0) is 43.9. The van der Waals surface area contributed by atoms with Crippen molar-refractivity contribution >= 4 is 150 Å². The third-order valence-electron chi connectivity index (χ3n) is 4.23. The number of aromatic nitrogens is 24. The molecule has 6 aromatic heterocycles. The smallest absolute Gasteiger partial charge is 0.418 e. The first-order valence-corrected chi connectivity index (χ1v) is 24.1. The van der Waals surface area contributed by atoms with Gasteiger partial charge in [0.15, 0.2) is 0 Å². The molecule has 0 amide bonds. The predicted octanol–water partition coefficient (Wildman–Crippen LogP) is 3.25. The summed E-state index contributed by atoms with van der Waals surface area (Å²) < 4.78 is 94.5. The van der Waals surface area contributed by atoms with Crippen LogP contribution >= 0.6 is 136 Å². The molecule has 334 valence electrons. The monoisotopic (exact) mass is 1570 g/mol. The Morgan fingerprint density at radius 1 is 0.305 bits per heavy atom. The van der Waals surface area contributed by atoms with E-state index in [1.54, 1.807) is 66.1 Å². The fourth-order valence-corrected chi connectivity index (χ4v) is 5.18. The minimum absolute atomic E-state index is 0. The summed E-state index contributed by atoms with van der Waals surface area (Å²) in [5, 5.41) is 63.6. The van der Waals surface area contributed by atoms with Gasteiger partial charge in [-0.25, -0.2) is 28.1 Å². The van der Waals surface area contributed by atoms with E-state index in [-0.39, 0.29) is 17.1 Å². The molecular formula is C18H30B2F8FeI6N24. The van der Waals surface area contributed by atoms with Crippen molar-refractivity contribution in [1.82, 2.24) is 121 Å². The van der Waals surface area contributed by atoms with E-state index in [0.717, 1.165) is 65.8 Å². The maximum absolute atomic E-state index is 9.75. The van der Waals surface area contributed by atoms with Crippen molar-refractivity contribution in [3.63, 3.8) is 0 Å². The van der Waals surface area contributed by atoms with Crippen LogP contribution in [0.2, 0.25) is 0 Å². The molecule has 0 aliphatic heterocycles. The number of tetrazole rings is 6. The van der Waals surface area contributed by atoms with Crippen LogP contribution in [0.4, 0.5) is 34.5 Å². The Morgan fingerprint density at radius 2 is 0.424 bits per heavy atom. The van der Waals surface area contributed by atoms with E-state index in [4.69, 9.17) is 0 Å². The van der Waals surface area contributed by atoms with Gasteiger partial charge in [-0.3, -0.25) is 0 Å². The standard InChI is InChI=1S/6C3H5IN4.2BF4.Fe/c6*4-1-2-8-3-5-6-7-8;2*2-1(3,4)5;/h6*3H,1-2H2;;;/q;;;;;;2*-1;+2. The second kappa shape index (κ2) is 42.2. The molecule has 0 saturated heterocycles. The minimum atomic E-state index is -6.00. The van der Waals surface area contributed by atoms with Crippen LogP contribution in [0.3, 0.4) is 0 Å². The van der Waals surface area contributed by atoms with Gasteiger partial charge in [0, 0.05) is 26.6 Å². The quantitative estimate of drug-likeness (QED) is 0.0737. The predicted molar refractivity (Wildman–Crippen MR) is 241 cm³/mol. The van der Waals surface area contributed by atoms with Gasteiger partial charge in [0.1, 0.15) is 38.0 Å². The summed E-state index contributed by atoms with van der Waals surface area (Å²) in [4.78, 5) is 0. The first kappa shape index (κ1) is 62.2. The van der Waals surface area contributed by atoms with Crippen LogP contribution in [0.1, 0.15) is 0 Å². The van der Waals surface area contributed by atoms with E-state index in [9.17, 15) is 34.5 Å². The van der Waals surface area contributed by atoms with Crippen molar-refractivity contribution in [3.05, 3.63) is 38.0 Å². The molecule has 24 nitrogen and oxygen atoms in total. The van der Waals surface area contributed by atoms with Gasteiger partial charge in [-0.2, -0.15) is 0 Å². The molecule has 0 saturated carbocycles. The van der Waals surface area contributed by atoms with Gasteiger partial charge in [0.25, 0.3) is 0 Å². The van der Waals surface area contributed by atoms with E-state index in [0.29, 0.717) is 0 Å². The molecule has 0 N–H and O–H groups in total. The fourth-order valence-electron chi connectivity index (χ4n) is 2.22. The van der Waals surface area contributed by atoms with E-state index >= 15 is 0 Å². The zero-order valence-electron chi connectivity index (χ0n) is 29.5. The van der Waals surface area contributed by atoms with Crippen LogP contribution in [-0.4, -0.2) is 162 Å². The molecule has 0 aliphatic carbocycles. The number of hydrogen-bond donors (Lipinski definition) is 0. The number of alkyl halides is 6. The normalized spacial score (nSPS) is 9.86. The molecule has 0 aromatic carbocycles. The van der Waals surface area contributed by atoms with E-state index in [1.807, 2.05) is 0 Å². The van der Waals surface area contributed by atoms with Crippen molar-refractivity contribution in [1.29, 1.82) is 0 Å². The van der Waals surface area contributed by atoms with Crippen LogP contribution in [0, 0.1) is 0 Å². The largest absolute Gasteiger partial charge is 2.00 e. The average Bonchev–Trinajstić information content (AvgIpc) is 3.98. The third-order valence-corrected chi connectivity index (χ3v) is 7.13. The molecular weight excluding hydrogens is 1540 g/mol. The molecule has 0 aliphatic rings. The Labute approximate surface area is 421 Å². The van der Waals surface area contributed by atoms with E-state index < -0.39 is 14.5 Å². The Morgan fingerprint density at radius 3 is 0.492 bits per heavy atom. The molecule has 6 aromatic rings. The molecule has 0 bridgehead atoms. The fraction of sp³-hybridized carbons (Fsp3) is 0.667. The van der Waals surface area contributed by atoms with Gasteiger partial charge >= 0.3 is 31.6 Å². The van der Waals surface area contributed by atoms with Crippen LogP contribution in [0.5, 0.6) is 0 Å². The summed E-state index contributed by atoms with van der Waals surface area (Å²) in [6, 6.07) is 0. The first-order chi connectivity index (χ1) is 27.6. The van der Waals surface area contributed by atoms with Gasteiger partial charge in [0.2, 0.25) is 0 Å². The first-order valence-electron chi connectivity index (χ1n) is 14.9. The Bertz CT molecular complexity index is 1310. The topological polar surface area (TPSA) is 262 Å². The van der Waals surface area contributed by atoms with Crippen molar-refractivity contribution in [2.75, 3.05) is 26.6 Å². The van der Waals surface area contributed by atoms with Crippen LogP contribution < -0.4 is 0 Å². The van der Waals surface area contributed by atoms with Crippen LogP contribution in [0.25, 0.3) is 0 Å². The summed E-state index contributed by atoms with van der Waals surface area (Å²) in [6.07, 6.45) is 9.66. The summed E-state index contributed by atoms with van der Waals surface area (Å²) in [6.45, 7) is 5.38. The van der Waals surface area contributed by atoms with E-state index in [1.165, 1.54) is 0 Å². The summed E-state index contributed by atoms with van der Waals surface area (Å²) in [7, 11) is -12.0. The molecule has 41 heteroatoms. The number of aryl methyl sites for hydroxylation is 6. The maximum atomic E-state index is 9.75. The Hall–Kier alpha value is -1.11. The number of rotatable bonds is 12. The summed E-state index contributed by atoms with van der Waals surface area (Å²) in [5.74, 6) is 0. The zero-order valence-corrected chi connectivity index (χ0v) is 43.5. The average molecular weight is 1570 g/mol. The summed E-state index contributed by atoms with van der Waals surface area (Å²) >= 11 is 13.6. The van der Waals surface area contributed by atoms with Crippen molar-refractivity contribution < 1.29 is 51.6 Å². The second-order valence-corrected chi connectivity index (χ2v) is 15.0. The molecule has 0 unspecified atom stereocenters. The molecule has 0 atom stereocenters. The van der Waals surface area contributed by atoms with Crippen molar-refractivity contribution in [2.24, 2.45) is 0 Å². The van der Waals surface area contributed by atoms with E-state index in [2.05, 4.69) is 229 Å². The van der Waals surface area contributed by atoms with Gasteiger partial charge in [-0.15, -0.1) is 30.6 Å². The maximum Gasteiger partial charge on any atom is 2.00 e. The van der Waals surface area contributed by atoms with Crippen molar-refractivity contribution in [2.45, 2.75) is 39.3 Å². The molecule has 0 spiro atoms. The molecule has 0 fully saturated rings. The van der Waals surface area contributed by atoms with Crippen LogP contribution in [-0.2, 0) is 56.3 Å². The summed E-state index contributed by atoms with van der Waals surface area (Å²) in [5.41, 5.74) is 0. The third kappa shape index (κ3) is 49.4. The van der Waals surface area contributed by atoms with Gasteiger partial charge in [-0.05, 0) is 62.6 Å². The Balaban J connectivity index is -0.000000610. The van der Waals surface area contributed by atoms with Crippen LogP contribution in [0.15, 0.2) is 38.0 Å². The Kier molecular flexibility index (Phi) is 44.5. The number of hydrogen-bond acceptors (Lipinski definition) is 18. The van der Waals surface area contributed by atoms with Crippen molar-refractivity contribution in [3.8, 4) is 0 Å². The molecule has 6 heterocycles. The minimum Gasteiger partial charge on any atom is -0.418 e. The number of halogens is 14. The van der Waals surface area contributed by atoms with Gasteiger partial charge in [0.05, 0.1) is 39.3 Å². The molecule has 0 radical (unpaired) electrons. The number of nitrogens with zero attached hydrogens (tertiary/aromatic N) is 24. The SMILES string of the molecule is F[B-](F)(F)F.F[B-](F)(F)F.ICCn1cnnn1.ICCn1cnnn1.ICCn1cnnn1.ICCn1cnnn1.ICCn1cnnn1.ICCn1cnnn1.[Fe+2].